The lowest BCUT2D eigenvalue weighted by Gasteiger charge is -2.32. The van der Waals surface area contributed by atoms with Crippen LogP contribution in [0.5, 0.6) is 0 Å². The lowest BCUT2D eigenvalue weighted by molar-refractivity contribution is 0.139. The maximum Gasteiger partial charge on any atom is 0.128 e. The molecule has 0 unspecified atom stereocenters. The SMILES string of the molecule is COCC1CCN(c2ccc([C@H](C)N)cn2)CC1. The molecule has 0 saturated carbocycles. The Morgan fingerprint density at radius 2 is 2.17 bits per heavy atom. The maximum absolute atomic E-state index is 5.83. The van der Waals surface area contributed by atoms with E-state index in [-0.39, 0.29) is 6.04 Å². The minimum Gasteiger partial charge on any atom is -0.384 e. The molecule has 0 spiro atoms. The summed E-state index contributed by atoms with van der Waals surface area (Å²) in [5.41, 5.74) is 6.92. The highest BCUT2D eigenvalue weighted by atomic mass is 16.5. The molecule has 4 nitrogen and oxygen atoms in total. The van der Waals surface area contributed by atoms with Crippen molar-refractivity contribution < 1.29 is 4.74 Å². The van der Waals surface area contributed by atoms with E-state index in [9.17, 15) is 0 Å². The van der Waals surface area contributed by atoms with Crippen LogP contribution in [0.25, 0.3) is 0 Å². The predicted octanol–water partition coefficient (Wildman–Crippen LogP) is 1.96. The number of pyridine rings is 1. The van der Waals surface area contributed by atoms with Gasteiger partial charge in [0.05, 0.1) is 0 Å². The Labute approximate surface area is 109 Å². The lowest BCUT2D eigenvalue weighted by atomic mass is 9.98. The fourth-order valence-electron chi connectivity index (χ4n) is 2.42. The smallest absolute Gasteiger partial charge is 0.128 e. The quantitative estimate of drug-likeness (QED) is 0.886. The number of aromatic nitrogens is 1. The van der Waals surface area contributed by atoms with Crippen molar-refractivity contribution in [3.8, 4) is 0 Å². The van der Waals surface area contributed by atoms with Gasteiger partial charge in [0.2, 0.25) is 0 Å². The molecule has 0 radical (unpaired) electrons. The highest BCUT2D eigenvalue weighted by Gasteiger charge is 2.19. The molecule has 1 aliphatic heterocycles. The average molecular weight is 249 g/mol. The van der Waals surface area contributed by atoms with Gasteiger partial charge in [0.25, 0.3) is 0 Å². The van der Waals surface area contributed by atoms with Gasteiger partial charge in [0.15, 0.2) is 0 Å². The second kappa shape index (κ2) is 6.16. The Hall–Kier alpha value is -1.13. The van der Waals surface area contributed by atoms with Crippen LogP contribution in [0.3, 0.4) is 0 Å². The van der Waals surface area contributed by atoms with E-state index in [0.717, 1.165) is 31.1 Å². The Morgan fingerprint density at radius 1 is 1.44 bits per heavy atom. The first-order valence-electron chi connectivity index (χ1n) is 6.66. The van der Waals surface area contributed by atoms with Crippen molar-refractivity contribution in [3.05, 3.63) is 23.9 Å². The third kappa shape index (κ3) is 3.21. The molecule has 1 aliphatic rings. The number of hydrogen-bond acceptors (Lipinski definition) is 4. The summed E-state index contributed by atoms with van der Waals surface area (Å²) in [7, 11) is 1.78. The van der Waals surface area contributed by atoms with Crippen molar-refractivity contribution in [2.24, 2.45) is 11.7 Å². The Balaban J connectivity index is 1.93. The van der Waals surface area contributed by atoms with Crippen molar-refractivity contribution in [2.45, 2.75) is 25.8 Å². The van der Waals surface area contributed by atoms with Gasteiger partial charge in [0.1, 0.15) is 5.82 Å². The van der Waals surface area contributed by atoms with Gasteiger partial charge >= 0.3 is 0 Å². The summed E-state index contributed by atoms with van der Waals surface area (Å²) in [6, 6.07) is 4.21. The molecule has 0 aromatic carbocycles. The van der Waals surface area contributed by atoms with E-state index in [0.29, 0.717) is 5.92 Å². The van der Waals surface area contributed by atoms with E-state index in [1.54, 1.807) is 7.11 Å². The molecule has 1 saturated heterocycles. The maximum atomic E-state index is 5.83. The van der Waals surface area contributed by atoms with Crippen LogP contribution in [-0.4, -0.2) is 31.8 Å². The molecular weight excluding hydrogens is 226 g/mol. The Kier molecular flexibility index (Phi) is 4.55. The molecule has 18 heavy (non-hydrogen) atoms. The topological polar surface area (TPSA) is 51.4 Å². The van der Waals surface area contributed by atoms with Gasteiger partial charge in [-0.15, -0.1) is 0 Å². The second-order valence-corrected chi connectivity index (χ2v) is 5.12. The number of piperidine rings is 1. The molecule has 0 bridgehead atoms. The van der Waals surface area contributed by atoms with Crippen molar-refractivity contribution in [2.75, 3.05) is 31.7 Å². The number of anilines is 1. The van der Waals surface area contributed by atoms with Crippen LogP contribution >= 0.6 is 0 Å². The standard InChI is InChI=1S/C14H23N3O/c1-11(15)13-3-4-14(16-9-13)17-7-5-12(6-8-17)10-18-2/h3-4,9,11-12H,5-8,10,15H2,1-2H3/t11-/m0/s1. The molecule has 1 fully saturated rings. The zero-order chi connectivity index (χ0) is 13.0. The predicted molar refractivity (Wildman–Crippen MR) is 73.7 cm³/mol. The van der Waals surface area contributed by atoms with Crippen molar-refractivity contribution in [1.29, 1.82) is 0 Å². The van der Waals surface area contributed by atoms with E-state index in [1.807, 2.05) is 13.1 Å². The van der Waals surface area contributed by atoms with E-state index in [4.69, 9.17) is 10.5 Å². The van der Waals surface area contributed by atoms with Gasteiger partial charge in [-0.05, 0) is 37.3 Å². The number of hydrogen-bond donors (Lipinski definition) is 1. The van der Waals surface area contributed by atoms with Crippen molar-refractivity contribution in [1.82, 2.24) is 4.98 Å². The highest BCUT2D eigenvalue weighted by Crippen LogP contribution is 2.22. The van der Waals surface area contributed by atoms with Crippen LogP contribution in [-0.2, 0) is 4.74 Å². The van der Waals surface area contributed by atoms with Gasteiger partial charge < -0.3 is 15.4 Å². The molecule has 0 aliphatic carbocycles. The molecule has 2 rings (SSSR count). The largest absolute Gasteiger partial charge is 0.384 e. The summed E-state index contributed by atoms with van der Waals surface area (Å²) in [6.45, 7) is 4.99. The Morgan fingerprint density at radius 3 is 2.67 bits per heavy atom. The zero-order valence-electron chi connectivity index (χ0n) is 11.3. The summed E-state index contributed by atoms with van der Waals surface area (Å²) >= 11 is 0. The number of methoxy groups -OCH3 is 1. The normalized spacial score (nSPS) is 18.9. The summed E-state index contributed by atoms with van der Waals surface area (Å²) in [4.78, 5) is 6.85. The average Bonchev–Trinajstić information content (AvgIpc) is 2.40. The minimum absolute atomic E-state index is 0.0546. The first kappa shape index (κ1) is 13.3. The minimum atomic E-state index is 0.0546. The number of nitrogens with two attached hydrogens (primary N) is 1. The van der Waals surface area contributed by atoms with Crippen LogP contribution in [0.4, 0.5) is 5.82 Å². The van der Waals surface area contributed by atoms with Gasteiger partial charge in [-0.1, -0.05) is 6.07 Å². The molecule has 100 valence electrons. The van der Waals surface area contributed by atoms with E-state index in [2.05, 4.69) is 22.0 Å². The van der Waals surface area contributed by atoms with Gasteiger partial charge in [0, 0.05) is 39.0 Å². The summed E-state index contributed by atoms with van der Waals surface area (Å²) in [5, 5.41) is 0. The van der Waals surface area contributed by atoms with Gasteiger partial charge in [-0.3, -0.25) is 0 Å². The number of ether oxygens (including phenoxy) is 1. The van der Waals surface area contributed by atoms with Crippen LogP contribution in [0.15, 0.2) is 18.3 Å². The molecular formula is C14H23N3O. The molecule has 0 amide bonds. The molecule has 1 atom stereocenters. The number of nitrogens with zero attached hydrogens (tertiary/aromatic N) is 2. The van der Waals surface area contributed by atoms with E-state index in [1.165, 1.54) is 12.8 Å². The second-order valence-electron chi connectivity index (χ2n) is 5.12. The summed E-state index contributed by atoms with van der Waals surface area (Å²) < 4.78 is 5.22. The van der Waals surface area contributed by atoms with E-state index >= 15 is 0 Å². The zero-order valence-corrected chi connectivity index (χ0v) is 11.3. The number of rotatable bonds is 4. The highest BCUT2D eigenvalue weighted by molar-refractivity contribution is 5.40. The van der Waals surface area contributed by atoms with Crippen LogP contribution < -0.4 is 10.6 Å². The van der Waals surface area contributed by atoms with Crippen LogP contribution in [0.2, 0.25) is 0 Å². The first-order valence-corrected chi connectivity index (χ1v) is 6.66. The van der Waals surface area contributed by atoms with E-state index < -0.39 is 0 Å². The van der Waals surface area contributed by atoms with Gasteiger partial charge in [-0.25, -0.2) is 4.98 Å². The Bertz CT molecular complexity index is 356. The van der Waals surface area contributed by atoms with Crippen molar-refractivity contribution in [3.63, 3.8) is 0 Å². The summed E-state index contributed by atoms with van der Waals surface area (Å²) in [6.07, 6.45) is 4.26. The fourth-order valence-corrected chi connectivity index (χ4v) is 2.42. The first-order chi connectivity index (χ1) is 8.70. The van der Waals surface area contributed by atoms with Crippen LogP contribution in [0.1, 0.15) is 31.4 Å². The van der Waals surface area contributed by atoms with Gasteiger partial charge in [-0.2, -0.15) is 0 Å². The molecule has 1 aromatic heterocycles. The fraction of sp³-hybridized carbons (Fsp3) is 0.643. The molecule has 1 aromatic rings. The summed E-state index contributed by atoms with van der Waals surface area (Å²) in [5.74, 6) is 1.77. The molecule has 4 heteroatoms. The lowest BCUT2D eigenvalue weighted by Crippen LogP contribution is -2.35. The molecule has 2 heterocycles. The van der Waals surface area contributed by atoms with Crippen molar-refractivity contribution >= 4 is 5.82 Å². The third-order valence-electron chi connectivity index (χ3n) is 3.64. The van der Waals surface area contributed by atoms with Crippen LogP contribution in [0, 0.1) is 5.92 Å². The monoisotopic (exact) mass is 249 g/mol. The third-order valence-corrected chi connectivity index (χ3v) is 3.64. The molecule has 2 N–H and O–H groups in total.